The van der Waals surface area contributed by atoms with Crippen molar-refractivity contribution >= 4 is 5.91 Å². The fourth-order valence-electron chi connectivity index (χ4n) is 2.23. The minimum atomic E-state index is 0.0961. The van der Waals surface area contributed by atoms with Gasteiger partial charge >= 0.3 is 0 Å². The lowest BCUT2D eigenvalue weighted by molar-refractivity contribution is -0.121. The van der Waals surface area contributed by atoms with Gasteiger partial charge in [-0.3, -0.25) is 9.48 Å². The number of carbonyl (C=O) groups is 1. The standard InChI is InChI=1S/C16H31N5O/c1-14(2)8-7-11-21-13-15(19-20-21)12-18-16(22)9-5-4-6-10-17-3/h13-14,17H,4-12H2,1-3H3,(H,18,22). The molecule has 0 saturated heterocycles. The van der Waals surface area contributed by atoms with Gasteiger partial charge in [0.05, 0.1) is 12.7 Å². The van der Waals surface area contributed by atoms with Crippen LogP contribution in [0.2, 0.25) is 0 Å². The van der Waals surface area contributed by atoms with Crippen LogP contribution >= 0.6 is 0 Å². The number of hydrogen-bond donors (Lipinski definition) is 2. The summed E-state index contributed by atoms with van der Waals surface area (Å²) in [6.45, 7) is 6.83. The minimum Gasteiger partial charge on any atom is -0.350 e. The van der Waals surface area contributed by atoms with Crippen LogP contribution in [0.3, 0.4) is 0 Å². The van der Waals surface area contributed by atoms with Crippen LogP contribution in [0.25, 0.3) is 0 Å². The van der Waals surface area contributed by atoms with Crippen molar-refractivity contribution in [2.45, 2.75) is 65.5 Å². The predicted octanol–water partition coefficient (Wildman–Crippen LogP) is 2.11. The Morgan fingerprint density at radius 1 is 1.27 bits per heavy atom. The van der Waals surface area contributed by atoms with Crippen LogP contribution in [-0.4, -0.2) is 34.5 Å². The molecule has 0 aliphatic carbocycles. The van der Waals surface area contributed by atoms with Crippen LogP contribution in [0.5, 0.6) is 0 Å². The van der Waals surface area contributed by atoms with Crippen molar-refractivity contribution in [3.63, 3.8) is 0 Å². The van der Waals surface area contributed by atoms with Crippen LogP contribution in [0.15, 0.2) is 6.20 Å². The van der Waals surface area contributed by atoms with Crippen LogP contribution in [0.4, 0.5) is 0 Å². The van der Waals surface area contributed by atoms with Crippen molar-refractivity contribution < 1.29 is 4.79 Å². The molecule has 0 unspecified atom stereocenters. The topological polar surface area (TPSA) is 71.8 Å². The van der Waals surface area contributed by atoms with E-state index in [2.05, 4.69) is 34.8 Å². The number of unbranched alkanes of at least 4 members (excludes halogenated alkanes) is 2. The maximum atomic E-state index is 11.7. The van der Waals surface area contributed by atoms with Crippen molar-refractivity contribution in [2.75, 3.05) is 13.6 Å². The van der Waals surface area contributed by atoms with Crippen molar-refractivity contribution in [2.24, 2.45) is 5.92 Å². The average molecular weight is 309 g/mol. The molecule has 0 radical (unpaired) electrons. The molecular formula is C16H31N5O. The Kier molecular flexibility index (Phi) is 9.46. The number of nitrogens with zero attached hydrogens (tertiary/aromatic N) is 3. The summed E-state index contributed by atoms with van der Waals surface area (Å²) in [5.74, 6) is 0.814. The van der Waals surface area contributed by atoms with Gasteiger partial charge in [0.2, 0.25) is 5.91 Å². The lowest BCUT2D eigenvalue weighted by Gasteiger charge is -2.04. The Morgan fingerprint density at radius 3 is 2.82 bits per heavy atom. The molecule has 1 heterocycles. The largest absolute Gasteiger partial charge is 0.350 e. The van der Waals surface area contributed by atoms with E-state index >= 15 is 0 Å². The van der Waals surface area contributed by atoms with E-state index in [-0.39, 0.29) is 5.91 Å². The summed E-state index contributed by atoms with van der Waals surface area (Å²) >= 11 is 0. The molecule has 6 nitrogen and oxygen atoms in total. The van der Waals surface area contributed by atoms with Crippen LogP contribution in [0, 0.1) is 5.92 Å². The van der Waals surface area contributed by atoms with Crippen molar-refractivity contribution in [3.8, 4) is 0 Å². The maximum absolute atomic E-state index is 11.7. The highest BCUT2D eigenvalue weighted by molar-refractivity contribution is 5.75. The molecule has 1 amide bonds. The summed E-state index contributed by atoms with van der Waals surface area (Å²) in [6.07, 6.45) is 7.96. The lowest BCUT2D eigenvalue weighted by Crippen LogP contribution is -2.22. The summed E-state index contributed by atoms with van der Waals surface area (Å²) in [5.41, 5.74) is 0.827. The van der Waals surface area contributed by atoms with E-state index in [9.17, 15) is 4.79 Å². The molecule has 1 aromatic rings. The number of aromatic nitrogens is 3. The summed E-state index contributed by atoms with van der Waals surface area (Å²) < 4.78 is 1.86. The second-order valence-corrected chi connectivity index (χ2v) is 6.20. The van der Waals surface area contributed by atoms with E-state index in [0.717, 1.165) is 50.4 Å². The smallest absolute Gasteiger partial charge is 0.220 e. The van der Waals surface area contributed by atoms with Gasteiger partial charge in [-0.1, -0.05) is 25.5 Å². The fourth-order valence-corrected chi connectivity index (χ4v) is 2.23. The zero-order valence-electron chi connectivity index (χ0n) is 14.3. The number of hydrogen-bond acceptors (Lipinski definition) is 4. The number of rotatable bonds is 12. The normalized spacial score (nSPS) is 11.1. The molecule has 0 saturated carbocycles. The van der Waals surface area contributed by atoms with Gasteiger partial charge in [0.1, 0.15) is 5.69 Å². The second kappa shape index (κ2) is 11.2. The van der Waals surface area contributed by atoms with Gasteiger partial charge < -0.3 is 10.6 Å². The van der Waals surface area contributed by atoms with E-state index < -0.39 is 0 Å². The van der Waals surface area contributed by atoms with Crippen molar-refractivity contribution in [3.05, 3.63) is 11.9 Å². The molecule has 22 heavy (non-hydrogen) atoms. The Labute approximate surface area is 134 Å². The van der Waals surface area contributed by atoms with Crippen LogP contribution in [0.1, 0.15) is 58.1 Å². The lowest BCUT2D eigenvalue weighted by atomic mass is 10.1. The molecule has 0 spiro atoms. The van der Waals surface area contributed by atoms with E-state index in [0.29, 0.717) is 13.0 Å². The number of amides is 1. The first-order valence-corrected chi connectivity index (χ1v) is 8.42. The molecule has 0 aromatic carbocycles. The van der Waals surface area contributed by atoms with Gasteiger partial charge in [-0.05, 0) is 45.2 Å². The first-order valence-electron chi connectivity index (χ1n) is 8.42. The third kappa shape index (κ3) is 8.77. The van der Waals surface area contributed by atoms with Gasteiger partial charge in [0.15, 0.2) is 0 Å². The first kappa shape index (κ1) is 18.6. The van der Waals surface area contributed by atoms with Gasteiger partial charge in [-0.25, -0.2) is 0 Å². The van der Waals surface area contributed by atoms with Crippen molar-refractivity contribution in [1.82, 2.24) is 25.6 Å². The van der Waals surface area contributed by atoms with Gasteiger partial charge in [0.25, 0.3) is 0 Å². The molecule has 0 aliphatic rings. The molecule has 6 heteroatoms. The highest BCUT2D eigenvalue weighted by Crippen LogP contribution is 2.05. The quantitative estimate of drug-likeness (QED) is 0.580. The van der Waals surface area contributed by atoms with E-state index in [1.807, 2.05) is 17.9 Å². The van der Waals surface area contributed by atoms with Crippen LogP contribution in [-0.2, 0) is 17.9 Å². The Balaban J connectivity index is 2.13. The molecule has 0 atom stereocenters. The summed E-state index contributed by atoms with van der Waals surface area (Å²) in [4.78, 5) is 11.7. The highest BCUT2D eigenvalue weighted by atomic mass is 16.1. The zero-order valence-corrected chi connectivity index (χ0v) is 14.3. The third-order valence-electron chi connectivity index (χ3n) is 3.55. The third-order valence-corrected chi connectivity index (χ3v) is 3.55. The number of carbonyl (C=O) groups excluding carboxylic acids is 1. The molecule has 1 aromatic heterocycles. The molecule has 2 N–H and O–H groups in total. The van der Waals surface area contributed by atoms with Gasteiger partial charge in [-0.15, -0.1) is 5.10 Å². The maximum Gasteiger partial charge on any atom is 0.220 e. The number of aryl methyl sites for hydroxylation is 1. The fraction of sp³-hybridized carbons (Fsp3) is 0.812. The van der Waals surface area contributed by atoms with Crippen LogP contribution < -0.4 is 10.6 Å². The Bertz CT molecular complexity index is 416. The zero-order chi connectivity index (χ0) is 16.2. The molecule has 1 rings (SSSR count). The van der Waals surface area contributed by atoms with Gasteiger partial charge in [0, 0.05) is 13.0 Å². The number of nitrogens with one attached hydrogen (secondary N) is 2. The molecule has 0 bridgehead atoms. The minimum absolute atomic E-state index is 0.0961. The Hall–Kier alpha value is -1.43. The predicted molar refractivity (Wildman–Crippen MR) is 88.3 cm³/mol. The summed E-state index contributed by atoms with van der Waals surface area (Å²) in [7, 11) is 1.95. The molecule has 0 aliphatic heterocycles. The summed E-state index contributed by atoms with van der Waals surface area (Å²) in [5, 5.41) is 14.2. The van der Waals surface area contributed by atoms with Crippen molar-refractivity contribution in [1.29, 1.82) is 0 Å². The van der Waals surface area contributed by atoms with E-state index in [1.54, 1.807) is 0 Å². The molecular weight excluding hydrogens is 278 g/mol. The summed E-state index contributed by atoms with van der Waals surface area (Å²) in [6, 6.07) is 0. The Morgan fingerprint density at radius 2 is 2.09 bits per heavy atom. The average Bonchev–Trinajstić information content (AvgIpc) is 2.92. The van der Waals surface area contributed by atoms with E-state index in [4.69, 9.17) is 0 Å². The second-order valence-electron chi connectivity index (χ2n) is 6.20. The molecule has 126 valence electrons. The molecule has 0 fully saturated rings. The van der Waals surface area contributed by atoms with Gasteiger partial charge in [-0.2, -0.15) is 0 Å². The SMILES string of the molecule is CNCCCCCC(=O)NCc1cn(CCCC(C)C)nn1. The first-order chi connectivity index (χ1) is 10.6. The monoisotopic (exact) mass is 309 g/mol. The van der Waals surface area contributed by atoms with E-state index in [1.165, 1.54) is 6.42 Å². The highest BCUT2D eigenvalue weighted by Gasteiger charge is 2.05.